The lowest BCUT2D eigenvalue weighted by Gasteiger charge is -2.22. The van der Waals surface area contributed by atoms with Crippen LogP contribution in [0.5, 0.6) is 11.5 Å². The molecule has 0 saturated heterocycles. The Kier molecular flexibility index (Phi) is 5.23. The first-order chi connectivity index (χ1) is 10.1. The van der Waals surface area contributed by atoms with Crippen molar-refractivity contribution in [2.24, 2.45) is 0 Å². The molecule has 21 heavy (non-hydrogen) atoms. The van der Waals surface area contributed by atoms with Crippen LogP contribution < -0.4 is 9.47 Å². The topological polar surface area (TPSA) is 27.7 Å². The highest BCUT2D eigenvalue weighted by molar-refractivity contribution is 5.36. The zero-order chi connectivity index (χ0) is 15.2. The average Bonchev–Trinajstić information content (AvgIpc) is 2.53. The highest BCUT2D eigenvalue weighted by Crippen LogP contribution is 2.29. The molecular weight excluding hydrogens is 264 g/mol. The Morgan fingerprint density at radius 1 is 0.667 bits per heavy atom. The minimum absolute atomic E-state index is 0.0955. The molecule has 0 amide bonds. The van der Waals surface area contributed by atoms with Crippen molar-refractivity contribution >= 4 is 0 Å². The van der Waals surface area contributed by atoms with Crippen molar-refractivity contribution in [2.75, 3.05) is 14.2 Å². The second kappa shape index (κ2) is 7.14. The average molecular weight is 286 g/mol. The number of hydrogen-bond donors (Lipinski definition) is 0. The van der Waals surface area contributed by atoms with Crippen molar-refractivity contribution in [3.05, 3.63) is 59.7 Å². The van der Waals surface area contributed by atoms with E-state index in [9.17, 15) is 0 Å². The third-order valence-electron chi connectivity index (χ3n) is 3.25. The molecule has 3 heteroatoms. The monoisotopic (exact) mass is 286 g/mol. The fourth-order valence-corrected chi connectivity index (χ4v) is 2.18. The summed E-state index contributed by atoms with van der Waals surface area (Å²) in [6, 6.07) is 16.0. The molecule has 3 nitrogen and oxygen atoms in total. The van der Waals surface area contributed by atoms with E-state index in [2.05, 4.69) is 0 Å². The third-order valence-corrected chi connectivity index (χ3v) is 3.25. The molecular formula is C18H22O3. The van der Waals surface area contributed by atoms with E-state index >= 15 is 0 Å². The van der Waals surface area contributed by atoms with Crippen LogP contribution in [0.25, 0.3) is 0 Å². The van der Waals surface area contributed by atoms with Gasteiger partial charge in [0.15, 0.2) is 0 Å². The van der Waals surface area contributed by atoms with Crippen molar-refractivity contribution in [2.45, 2.75) is 26.1 Å². The Balaban J connectivity index is 2.31. The quantitative estimate of drug-likeness (QED) is 0.796. The van der Waals surface area contributed by atoms with Gasteiger partial charge in [-0.1, -0.05) is 24.3 Å². The lowest BCUT2D eigenvalue weighted by atomic mass is 10.0. The van der Waals surface area contributed by atoms with Gasteiger partial charge in [-0.15, -0.1) is 0 Å². The maximum Gasteiger partial charge on any atom is 0.118 e. The zero-order valence-corrected chi connectivity index (χ0v) is 13.0. The van der Waals surface area contributed by atoms with Gasteiger partial charge in [-0.05, 0) is 49.2 Å². The lowest BCUT2D eigenvalue weighted by molar-refractivity contribution is 0.0303. The predicted octanol–water partition coefficient (Wildman–Crippen LogP) is 4.22. The first-order valence-electron chi connectivity index (χ1n) is 7.07. The summed E-state index contributed by atoms with van der Waals surface area (Å²) in [6.07, 6.45) is 0.0426. The third kappa shape index (κ3) is 3.99. The van der Waals surface area contributed by atoms with Crippen LogP contribution in [0.4, 0.5) is 0 Å². The second-order valence-corrected chi connectivity index (χ2v) is 5.11. The maximum absolute atomic E-state index is 6.09. The molecule has 112 valence electrons. The van der Waals surface area contributed by atoms with Gasteiger partial charge in [0.25, 0.3) is 0 Å². The van der Waals surface area contributed by atoms with Gasteiger partial charge in [-0.2, -0.15) is 0 Å². The van der Waals surface area contributed by atoms with Crippen LogP contribution in [0.2, 0.25) is 0 Å². The minimum Gasteiger partial charge on any atom is -0.497 e. The second-order valence-electron chi connectivity index (χ2n) is 5.11. The van der Waals surface area contributed by atoms with Gasteiger partial charge in [0.2, 0.25) is 0 Å². The summed E-state index contributed by atoms with van der Waals surface area (Å²) >= 11 is 0. The Morgan fingerprint density at radius 2 is 1.05 bits per heavy atom. The van der Waals surface area contributed by atoms with Crippen molar-refractivity contribution in [1.29, 1.82) is 0 Å². The van der Waals surface area contributed by atoms with E-state index in [1.807, 2.05) is 62.4 Å². The number of hydrogen-bond acceptors (Lipinski definition) is 3. The summed E-state index contributed by atoms with van der Waals surface area (Å²) in [6.45, 7) is 4.08. The van der Waals surface area contributed by atoms with Crippen LogP contribution in [-0.2, 0) is 4.74 Å². The van der Waals surface area contributed by atoms with E-state index < -0.39 is 0 Å². The molecule has 0 unspecified atom stereocenters. The van der Waals surface area contributed by atoms with E-state index in [-0.39, 0.29) is 12.2 Å². The zero-order valence-electron chi connectivity index (χ0n) is 13.0. The Morgan fingerprint density at radius 3 is 1.33 bits per heavy atom. The van der Waals surface area contributed by atoms with Crippen molar-refractivity contribution in [1.82, 2.24) is 0 Å². The lowest BCUT2D eigenvalue weighted by Crippen LogP contribution is -2.12. The van der Waals surface area contributed by atoms with E-state index in [1.54, 1.807) is 14.2 Å². The van der Waals surface area contributed by atoms with Gasteiger partial charge in [-0.25, -0.2) is 0 Å². The Bertz CT molecular complexity index is 496. The number of benzene rings is 2. The van der Waals surface area contributed by atoms with E-state index in [4.69, 9.17) is 14.2 Å². The molecule has 0 saturated carbocycles. The van der Waals surface area contributed by atoms with Gasteiger partial charge in [-0.3, -0.25) is 0 Å². The van der Waals surface area contributed by atoms with Gasteiger partial charge >= 0.3 is 0 Å². The van der Waals surface area contributed by atoms with E-state index in [0.29, 0.717) is 0 Å². The summed E-state index contributed by atoms with van der Waals surface area (Å²) in [7, 11) is 3.33. The minimum atomic E-state index is -0.0955. The van der Waals surface area contributed by atoms with E-state index in [0.717, 1.165) is 22.6 Å². The largest absolute Gasteiger partial charge is 0.497 e. The van der Waals surface area contributed by atoms with Gasteiger partial charge < -0.3 is 14.2 Å². The van der Waals surface area contributed by atoms with Crippen molar-refractivity contribution < 1.29 is 14.2 Å². The summed E-state index contributed by atoms with van der Waals surface area (Å²) in [5.41, 5.74) is 2.21. The first-order valence-corrected chi connectivity index (χ1v) is 7.07. The molecule has 2 aromatic rings. The standard InChI is InChI=1S/C18H22O3/c1-13(2)21-18(14-5-9-16(19-3)10-6-14)15-7-11-17(20-4)12-8-15/h5-13,18H,1-4H3. The Labute approximate surface area is 126 Å². The predicted molar refractivity (Wildman–Crippen MR) is 84.1 cm³/mol. The van der Waals surface area contributed by atoms with Crippen LogP contribution in [-0.4, -0.2) is 20.3 Å². The molecule has 0 heterocycles. The molecule has 0 aromatic heterocycles. The van der Waals surface area contributed by atoms with Crippen LogP contribution in [0, 0.1) is 0 Å². The molecule has 0 aliphatic carbocycles. The number of rotatable bonds is 6. The van der Waals surface area contributed by atoms with Crippen LogP contribution >= 0.6 is 0 Å². The highest BCUT2D eigenvalue weighted by Gasteiger charge is 2.16. The fraction of sp³-hybridized carbons (Fsp3) is 0.333. The van der Waals surface area contributed by atoms with Gasteiger partial charge in [0.1, 0.15) is 17.6 Å². The summed E-state index contributed by atoms with van der Waals surface area (Å²) in [5.74, 6) is 1.69. The molecule has 0 bridgehead atoms. The highest BCUT2D eigenvalue weighted by atomic mass is 16.5. The molecule has 0 radical (unpaired) electrons. The molecule has 0 atom stereocenters. The van der Waals surface area contributed by atoms with Crippen molar-refractivity contribution in [3.8, 4) is 11.5 Å². The molecule has 0 spiro atoms. The van der Waals surface area contributed by atoms with Gasteiger partial charge in [0, 0.05) is 0 Å². The van der Waals surface area contributed by atoms with Gasteiger partial charge in [0.05, 0.1) is 20.3 Å². The number of ether oxygens (including phenoxy) is 3. The molecule has 0 aliphatic rings. The molecule has 2 rings (SSSR count). The van der Waals surface area contributed by atoms with E-state index in [1.165, 1.54) is 0 Å². The molecule has 0 aliphatic heterocycles. The first kappa shape index (κ1) is 15.4. The summed E-state index contributed by atoms with van der Waals surface area (Å²) in [5, 5.41) is 0. The number of methoxy groups -OCH3 is 2. The fourth-order valence-electron chi connectivity index (χ4n) is 2.18. The summed E-state index contributed by atoms with van der Waals surface area (Å²) in [4.78, 5) is 0. The SMILES string of the molecule is COc1ccc(C(OC(C)C)c2ccc(OC)cc2)cc1. The van der Waals surface area contributed by atoms with Crippen LogP contribution in [0.1, 0.15) is 31.1 Å². The normalized spacial score (nSPS) is 11.0. The Hall–Kier alpha value is -2.00. The van der Waals surface area contributed by atoms with Crippen LogP contribution in [0.3, 0.4) is 0 Å². The molecule has 2 aromatic carbocycles. The molecule has 0 fully saturated rings. The van der Waals surface area contributed by atoms with Crippen molar-refractivity contribution in [3.63, 3.8) is 0 Å². The maximum atomic E-state index is 6.09. The smallest absolute Gasteiger partial charge is 0.118 e. The summed E-state index contributed by atoms with van der Waals surface area (Å²) < 4.78 is 16.5. The van der Waals surface area contributed by atoms with Crippen LogP contribution in [0.15, 0.2) is 48.5 Å². The molecule has 0 N–H and O–H groups in total.